The fourth-order valence-electron chi connectivity index (χ4n) is 3.99. The molecule has 3 nitrogen and oxygen atoms in total. The summed E-state index contributed by atoms with van der Waals surface area (Å²) in [7, 11) is 0. The van der Waals surface area contributed by atoms with Crippen molar-refractivity contribution in [2.24, 2.45) is 11.7 Å². The Kier molecular flexibility index (Phi) is 6.11. The number of hydrogen-bond donors (Lipinski definition) is 1. The first-order valence-corrected chi connectivity index (χ1v) is 8.46. The highest BCUT2D eigenvalue weighted by Gasteiger charge is 2.29. The largest absolute Gasteiger partial charge is 0.327 e. The lowest BCUT2D eigenvalue weighted by Crippen LogP contribution is -2.41. The summed E-state index contributed by atoms with van der Waals surface area (Å²) >= 11 is 0. The summed E-state index contributed by atoms with van der Waals surface area (Å²) in [5.74, 6) is 0.748. The number of rotatable bonds is 5. The van der Waals surface area contributed by atoms with Crippen LogP contribution in [0.3, 0.4) is 0 Å². The summed E-state index contributed by atoms with van der Waals surface area (Å²) < 4.78 is 0. The van der Waals surface area contributed by atoms with E-state index in [4.69, 9.17) is 5.73 Å². The molecule has 0 spiro atoms. The van der Waals surface area contributed by atoms with Crippen LogP contribution < -0.4 is 5.73 Å². The smallest absolute Gasteiger partial charge is 0.0235 e. The SMILES string of the molecule is CCN(CC)C1CCN(CC2CCCCCC2N)C1. The third kappa shape index (κ3) is 4.17. The molecule has 0 aromatic rings. The van der Waals surface area contributed by atoms with E-state index in [0.717, 1.165) is 12.0 Å². The van der Waals surface area contributed by atoms with E-state index in [-0.39, 0.29) is 0 Å². The molecule has 112 valence electrons. The average molecular weight is 267 g/mol. The molecule has 0 aromatic carbocycles. The molecule has 2 aliphatic rings. The number of likely N-dealkylation sites (N-methyl/N-ethyl adjacent to an activating group) is 1. The number of nitrogens with two attached hydrogens (primary N) is 1. The van der Waals surface area contributed by atoms with Crippen LogP contribution in [0.1, 0.15) is 52.4 Å². The highest BCUT2D eigenvalue weighted by atomic mass is 15.2. The van der Waals surface area contributed by atoms with Gasteiger partial charge in [-0.2, -0.15) is 0 Å². The normalized spacial score (nSPS) is 33.8. The van der Waals surface area contributed by atoms with Gasteiger partial charge in [0.25, 0.3) is 0 Å². The van der Waals surface area contributed by atoms with E-state index in [2.05, 4.69) is 23.6 Å². The van der Waals surface area contributed by atoms with Crippen molar-refractivity contribution in [1.29, 1.82) is 0 Å². The van der Waals surface area contributed by atoms with Crippen molar-refractivity contribution in [1.82, 2.24) is 9.80 Å². The molecule has 1 saturated carbocycles. The molecule has 2 fully saturated rings. The molecule has 0 radical (unpaired) electrons. The standard InChI is InChI=1S/C16H33N3/c1-3-19(4-2)15-10-11-18(13-15)12-14-8-6-5-7-9-16(14)17/h14-16H,3-13,17H2,1-2H3. The summed E-state index contributed by atoms with van der Waals surface area (Å²) in [6.07, 6.45) is 8.09. The van der Waals surface area contributed by atoms with Crippen LogP contribution in [0.15, 0.2) is 0 Å². The average Bonchev–Trinajstić information content (AvgIpc) is 2.77. The van der Waals surface area contributed by atoms with Crippen LogP contribution in [-0.4, -0.2) is 54.6 Å². The van der Waals surface area contributed by atoms with Crippen molar-refractivity contribution in [2.45, 2.75) is 64.5 Å². The molecule has 3 atom stereocenters. The van der Waals surface area contributed by atoms with Crippen LogP contribution >= 0.6 is 0 Å². The van der Waals surface area contributed by atoms with Gasteiger partial charge in [0.05, 0.1) is 0 Å². The summed E-state index contributed by atoms with van der Waals surface area (Å²) in [4.78, 5) is 5.30. The monoisotopic (exact) mass is 267 g/mol. The first-order valence-electron chi connectivity index (χ1n) is 8.46. The first-order chi connectivity index (χ1) is 9.24. The molecule has 3 unspecified atom stereocenters. The lowest BCUT2D eigenvalue weighted by molar-refractivity contribution is 0.193. The van der Waals surface area contributed by atoms with Gasteiger partial charge in [0, 0.05) is 25.2 Å². The fourth-order valence-corrected chi connectivity index (χ4v) is 3.99. The van der Waals surface area contributed by atoms with Crippen LogP contribution in [0.4, 0.5) is 0 Å². The lowest BCUT2D eigenvalue weighted by atomic mass is 9.95. The van der Waals surface area contributed by atoms with Gasteiger partial charge in [0.2, 0.25) is 0 Å². The minimum Gasteiger partial charge on any atom is -0.327 e. The molecule has 0 aromatic heterocycles. The van der Waals surface area contributed by atoms with Gasteiger partial charge in [0.15, 0.2) is 0 Å². The van der Waals surface area contributed by atoms with Crippen LogP contribution in [0, 0.1) is 5.92 Å². The molecule has 1 saturated heterocycles. The van der Waals surface area contributed by atoms with Gasteiger partial charge in [-0.15, -0.1) is 0 Å². The highest BCUT2D eigenvalue weighted by molar-refractivity contribution is 4.86. The van der Waals surface area contributed by atoms with Gasteiger partial charge in [-0.1, -0.05) is 33.1 Å². The maximum Gasteiger partial charge on any atom is 0.0235 e. The third-order valence-corrected chi connectivity index (χ3v) is 5.29. The number of nitrogens with zero attached hydrogens (tertiary/aromatic N) is 2. The van der Waals surface area contributed by atoms with E-state index in [1.165, 1.54) is 71.2 Å². The van der Waals surface area contributed by atoms with Crippen LogP contribution in [-0.2, 0) is 0 Å². The quantitative estimate of drug-likeness (QED) is 0.776. The van der Waals surface area contributed by atoms with Gasteiger partial charge in [-0.25, -0.2) is 0 Å². The molecule has 0 amide bonds. The minimum absolute atomic E-state index is 0.454. The summed E-state index contributed by atoms with van der Waals surface area (Å²) in [5.41, 5.74) is 6.37. The van der Waals surface area contributed by atoms with E-state index < -0.39 is 0 Å². The zero-order chi connectivity index (χ0) is 13.7. The van der Waals surface area contributed by atoms with Crippen molar-refractivity contribution in [2.75, 3.05) is 32.7 Å². The summed E-state index contributed by atoms with van der Waals surface area (Å²) in [6.45, 7) is 10.8. The Balaban J connectivity index is 1.80. The molecule has 1 aliphatic heterocycles. The molecule has 3 heteroatoms. The minimum atomic E-state index is 0.454. The molecule has 1 heterocycles. The van der Waals surface area contributed by atoms with Crippen LogP contribution in [0.25, 0.3) is 0 Å². The van der Waals surface area contributed by atoms with Crippen molar-refractivity contribution >= 4 is 0 Å². The predicted octanol–water partition coefficient (Wildman–Crippen LogP) is 2.31. The van der Waals surface area contributed by atoms with Crippen LogP contribution in [0.2, 0.25) is 0 Å². The Morgan fingerprint density at radius 1 is 1.05 bits per heavy atom. The van der Waals surface area contributed by atoms with E-state index in [0.29, 0.717) is 6.04 Å². The summed E-state index contributed by atoms with van der Waals surface area (Å²) in [5, 5.41) is 0. The fraction of sp³-hybridized carbons (Fsp3) is 1.00. The molecule has 0 bridgehead atoms. The zero-order valence-corrected chi connectivity index (χ0v) is 13.0. The number of hydrogen-bond acceptors (Lipinski definition) is 3. The van der Waals surface area contributed by atoms with Crippen LogP contribution in [0.5, 0.6) is 0 Å². The van der Waals surface area contributed by atoms with Gasteiger partial charge in [-0.05, 0) is 44.8 Å². The molecule has 2 N–H and O–H groups in total. The maximum absolute atomic E-state index is 6.37. The third-order valence-electron chi connectivity index (χ3n) is 5.29. The molecule has 1 aliphatic carbocycles. The van der Waals surface area contributed by atoms with Crippen molar-refractivity contribution < 1.29 is 0 Å². The lowest BCUT2D eigenvalue weighted by Gasteiger charge is -2.29. The Morgan fingerprint density at radius 3 is 2.53 bits per heavy atom. The molecule has 2 rings (SSSR count). The van der Waals surface area contributed by atoms with Gasteiger partial charge < -0.3 is 10.6 Å². The van der Waals surface area contributed by atoms with Gasteiger partial charge >= 0.3 is 0 Å². The van der Waals surface area contributed by atoms with Crippen molar-refractivity contribution in [3.8, 4) is 0 Å². The topological polar surface area (TPSA) is 32.5 Å². The Hall–Kier alpha value is -0.120. The second-order valence-electron chi connectivity index (χ2n) is 6.49. The number of likely N-dealkylation sites (tertiary alicyclic amines) is 1. The van der Waals surface area contributed by atoms with E-state index >= 15 is 0 Å². The van der Waals surface area contributed by atoms with Gasteiger partial charge in [-0.3, -0.25) is 4.90 Å². The summed E-state index contributed by atoms with van der Waals surface area (Å²) in [6, 6.07) is 1.24. The maximum atomic E-state index is 6.37. The highest BCUT2D eigenvalue weighted by Crippen LogP contribution is 2.25. The second kappa shape index (κ2) is 7.61. The molecular formula is C16H33N3. The zero-order valence-electron chi connectivity index (χ0n) is 13.0. The Labute approximate surface area is 119 Å². The van der Waals surface area contributed by atoms with E-state index in [1.807, 2.05) is 0 Å². The first kappa shape index (κ1) is 15.3. The van der Waals surface area contributed by atoms with Crippen molar-refractivity contribution in [3.63, 3.8) is 0 Å². The molecular weight excluding hydrogens is 234 g/mol. The van der Waals surface area contributed by atoms with E-state index in [9.17, 15) is 0 Å². The Bertz CT molecular complexity index is 252. The predicted molar refractivity (Wildman–Crippen MR) is 82.3 cm³/mol. The second-order valence-corrected chi connectivity index (χ2v) is 6.49. The Morgan fingerprint density at radius 2 is 1.79 bits per heavy atom. The van der Waals surface area contributed by atoms with E-state index in [1.54, 1.807) is 0 Å². The van der Waals surface area contributed by atoms with Gasteiger partial charge in [0.1, 0.15) is 0 Å². The van der Waals surface area contributed by atoms with Crippen molar-refractivity contribution in [3.05, 3.63) is 0 Å². The molecule has 19 heavy (non-hydrogen) atoms.